The molecule has 0 fully saturated rings. The van der Waals surface area contributed by atoms with E-state index in [-0.39, 0.29) is 0 Å². The van der Waals surface area contributed by atoms with Gasteiger partial charge in [-0.3, -0.25) is 0 Å². The smallest absolute Gasteiger partial charge is 0.0554 e. The molecule has 0 unspecified atom stereocenters. The van der Waals surface area contributed by atoms with Crippen LogP contribution in [0.2, 0.25) is 0 Å². The first-order valence-electron chi connectivity index (χ1n) is 21.1. The molecule has 13 rings (SSSR count). The third-order valence-corrected chi connectivity index (χ3v) is 15.0. The SMILES string of the molecule is c1cc(-c2c(N(c3ccc(-c4cccc5c4sc4ccccc45)cc3)c3cccc4ccccc34)ccc3c2sc2ccccc23)cc(-n2c3ccccc3c3ccccc32)c1. The van der Waals surface area contributed by atoms with Gasteiger partial charge in [-0.2, -0.15) is 0 Å². The molecule has 0 amide bonds. The van der Waals surface area contributed by atoms with Crippen LogP contribution in [0.4, 0.5) is 17.1 Å². The average molecular weight is 825 g/mol. The minimum Gasteiger partial charge on any atom is -0.309 e. The Balaban J connectivity index is 1.06. The van der Waals surface area contributed by atoms with Gasteiger partial charge in [0, 0.05) is 73.4 Å². The van der Waals surface area contributed by atoms with Crippen LogP contribution in [-0.2, 0) is 0 Å². The molecule has 4 heteroatoms. The highest BCUT2D eigenvalue weighted by molar-refractivity contribution is 7.26. The summed E-state index contributed by atoms with van der Waals surface area (Å²) < 4.78 is 7.64. The quantitative estimate of drug-likeness (QED) is 0.162. The number of para-hydroxylation sites is 2. The summed E-state index contributed by atoms with van der Waals surface area (Å²) in [6, 6.07) is 80.5. The number of fused-ring (bicyclic) bond motifs is 10. The minimum atomic E-state index is 1.11. The second-order valence-electron chi connectivity index (χ2n) is 16.0. The molecule has 0 aliphatic carbocycles. The summed E-state index contributed by atoms with van der Waals surface area (Å²) in [5.74, 6) is 0. The highest BCUT2D eigenvalue weighted by Gasteiger charge is 2.24. The zero-order valence-electron chi connectivity index (χ0n) is 33.5. The third-order valence-electron chi connectivity index (χ3n) is 12.6. The molecule has 3 aromatic heterocycles. The Bertz CT molecular complexity index is 3830. The lowest BCUT2D eigenvalue weighted by molar-refractivity contribution is 1.18. The fraction of sp³-hybridized carbons (Fsp3) is 0. The molecular formula is C58H36N2S2. The van der Waals surface area contributed by atoms with Crippen LogP contribution >= 0.6 is 22.7 Å². The molecule has 0 N–H and O–H groups in total. The van der Waals surface area contributed by atoms with Crippen LogP contribution in [0.1, 0.15) is 0 Å². The second kappa shape index (κ2) is 14.0. The Labute approximate surface area is 366 Å². The van der Waals surface area contributed by atoms with Gasteiger partial charge in [-0.1, -0.05) is 158 Å². The number of thiophene rings is 2. The van der Waals surface area contributed by atoms with Crippen LogP contribution in [0.5, 0.6) is 0 Å². The molecule has 2 nitrogen and oxygen atoms in total. The number of benzene rings is 10. The van der Waals surface area contributed by atoms with Crippen molar-refractivity contribution in [2.75, 3.05) is 4.90 Å². The van der Waals surface area contributed by atoms with Crippen molar-refractivity contribution in [1.82, 2.24) is 4.57 Å². The first-order chi connectivity index (χ1) is 30.8. The number of aromatic nitrogens is 1. The molecule has 0 bridgehead atoms. The maximum Gasteiger partial charge on any atom is 0.0554 e. The van der Waals surface area contributed by atoms with Crippen molar-refractivity contribution in [3.05, 3.63) is 218 Å². The van der Waals surface area contributed by atoms with Gasteiger partial charge in [0.2, 0.25) is 0 Å². The predicted molar refractivity (Wildman–Crippen MR) is 270 cm³/mol. The fourth-order valence-corrected chi connectivity index (χ4v) is 12.3. The van der Waals surface area contributed by atoms with Gasteiger partial charge in [0.05, 0.1) is 22.4 Å². The van der Waals surface area contributed by atoms with Crippen molar-refractivity contribution in [3.63, 3.8) is 0 Å². The highest BCUT2D eigenvalue weighted by atomic mass is 32.1. The Morgan fingerprint density at radius 1 is 0.355 bits per heavy atom. The van der Waals surface area contributed by atoms with Crippen LogP contribution < -0.4 is 4.90 Å². The van der Waals surface area contributed by atoms with E-state index >= 15 is 0 Å². The molecule has 0 spiro atoms. The first-order valence-corrected chi connectivity index (χ1v) is 22.7. The molecule has 0 saturated carbocycles. The minimum absolute atomic E-state index is 1.11. The summed E-state index contributed by atoms with van der Waals surface area (Å²) >= 11 is 3.77. The summed E-state index contributed by atoms with van der Waals surface area (Å²) in [5.41, 5.74) is 11.8. The van der Waals surface area contributed by atoms with Gasteiger partial charge >= 0.3 is 0 Å². The van der Waals surface area contributed by atoms with E-state index in [2.05, 4.69) is 228 Å². The van der Waals surface area contributed by atoms with E-state index in [1.807, 2.05) is 22.7 Å². The van der Waals surface area contributed by atoms with Crippen molar-refractivity contribution >= 4 is 113 Å². The molecule has 290 valence electrons. The van der Waals surface area contributed by atoms with E-state index < -0.39 is 0 Å². The van der Waals surface area contributed by atoms with Crippen LogP contribution in [0.25, 0.3) is 101 Å². The van der Waals surface area contributed by atoms with Crippen LogP contribution in [0, 0.1) is 0 Å². The zero-order valence-corrected chi connectivity index (χ0v) is 35.1. The van der Waals surface area contributed by atoms with Gasteiger partial charge in [-0.25, -0.2) is 0 Å². The van der Waals surface area contributed by atoms with Gasteiger partial charge in [-0.05, 0) is 82.7 Å². The van der Waals surface area contributed by atoms with E-state index in [4.69, 9.17) is 0 Å². The van der Waals surface area contributed by atoms with Crippen molar-refractivity contribution < 1.29 is 0 Å². The third kappa shape index (κ3) is 5.41. The van der Waals surface area contributed by atoms with E-state index in [1.165, 1.54) is 95.2 Å². The molecule has 10 aromatic carbocycles. The molecule has 0 aliphatic rings. The molecule has 0 saturated heterocycles. The molecule has 0 atom stereocenters. The monoisotopic (exact) mass is 824 g/mol. The molecule has 62 heavy (non-hydrogen) atoms. The summed E-state index contributed by atoms with van der Waals surface area (Å²) in [6.45, 7) is 0. The molecule has 13 aromatic rings. The maximum atomic E-state index is 2.50. The van der Waals surface area contributed by atoms with E-state index in [1.54, 1.807) is 0 Å². The second-order valence-corrected chi connectivity index (χ2v) is 18.1. The Hall–Kier alpha value is -7.50. The standard InChI is InChI=1S/C58H36N2S2/c1-2-18-42-37(14-1)15-12-27-50(42)59(40-32-30-38(31-33-40)43-23-13-24-48-46-21-5-9-28-54(46)61-57(43)48)53-35-34-49-47-22-6-10-29-55(47)62-58(49)56(53)39-16-11-17-41(36-39)60-51-25-7-3-19-44(51)45-20-4-8-26-52(45)60/h1-36H. The average Bonchev–Trinajstić information content (AvgIpc) is 4.02. The normalized spacial score (nSPS) is 11.9. The van der Waals surface area contributed by atoms with Gasteiger partial charge in [0.1, 0.15) is 0 Å². The van der Waals surface area contributed by atoms with E-state index in [0.29, 0.717) is 0 Å². The first kappa shape index (κ1) is 35.3. The molecule has 0 aliphatic heterocycles. The van der Waals surface area contributed by atoms with E-state index in [0.717, 1.165) is 22.7 Å². The summed E-state index contributed by atoms with van der Waals surface area (Å²) in [7, 11) is 0. The lowest BCUT2D eigenvalue weighted by Crippen LogP contribution is -2.12. The largest absolute Gasteiger partial charge is 0.309 e. The number of nitrogens with zero attached hydrogens (tertiary/aromatic N) is 2. The maximum absolute atomic E-state index is 2.50. The van der Waals surface area contributed by atoms with Gasteiger partial charge < -0.3 is 9.47 Å². The van der Waals surface area contributed by atoms with Crippen molar-refractivity contribution in [2.24, 2.45) is 0 Å². The van der Waals surface area contributed by atoms with Crippen LogP contribution in [-0.4, -0.2) is 4.57 Å². The summed E-state index contributed by atoms with van der Waals surface area (Å²) in [6.07, 6.45) is 0. The van der Waals surface area contributed by atoms with Gasteiger partial charge in [0.15, 0.2) is 0 Å². The number of hydrogen-bond acceptors (Lipinski definition) is 3. The van der Waals surface area contributed by atoms with Crippen LogP contribution in [0.15, 0.2) is 218 Å². The van der Waals surface area contributed by atoms with E-state index in [9.17, 15) is 0 Å². The Kier molecular flexibility index (Phi) is 7.99. The fourth-order valence-electron chi connectivity index (χ4n) is 9.82. The Morgan fingerprint density at radius 3 is 1.66 bits per heavy atom. The number of hydrogen-bond donors (Lipinski definition) is 0. The molecule has 3 heterocycles. The predicted octanol–water partition coefficient (Wildman–Crippen LogP) is 17.5. The van der Waals surface area contributed by atoms with Gasteiger partial charge in [-0.15, -0.1) is 22.7 Å². The number of anilines is 3. The topological polar surface area (TPSA) is 8.17 Å². The van der Waals surface area contributed by atoms with Crippen molar-refractivity contribution in [3.8, 4) is 27.9 Å². The zero-order chi connectivity index (χ0) is 40.7. The summed E-state index contributed by atoms with van der Waals surface area (Å²) in [4.78, 5) is 2.50. The molecular weight excluding hydrogens is 789 g/mol. The van der Waals surface area contributed by atoms with Crippen LogP contribution in [0.3, 0.4) is 0 Å². The van der Waals surface area contributed by atoms with Crippen molar-refractivity contribution in [1.29, 1.82) is 0 Å². The van der Waals surface area contributed by atoms with Gasteiger partial charge in [0.25, 0.3) is 0 Å². The molecule has 0 radical (unpaired) electrons. The number of rotatable bonds is 6. The Morgan fingerprint density at radius 2 is 0.919 bits per heavy atom. The van der Waals surface area contributed by atoms with Crippen molar-refractivity contribution in [2.45, 2.75) is 0 Å². The lowest BCUT2D eigenvalue weighted by atomic mass is 9.97. The summed E-state index contributed by atoms with van der Waals surface area (Å²) in [5, 5.41) is 10.1. The lowest BCUT2D eigenvalue weighted by Gasteiger charge is -2.29. The highest BCUT2D eigenvalue weighted by Crippen LogP contribution is 2.50.